The summed E-state index contributed by atoms with van der Waals surface area (Å²) in [6.45, 7) is 13.7. The monoisotopic (exact) mass is 313 g/mol. The Morgan fingerprint density at radius 3 is 2.57 bits per heavy atom. The van der Waals surface area contributed by atoms with Crippen molar-refractivity contribution in [3.63, 3.8) is 0 Å². The van der Waals surface area contributed by atoms with Gasteiger partial charge in [0, 0.05) is 37.7 Å². The lowest BCUT2D eigenvalue weighted by Crippen LogP contribution is -2.40. The van der Waals surface area contributed by atoms with Gasteiger partial charge in [-0.1, -0.05) is 20.8 Å². The molecule has 0 aliphatic carbocycles. The number of anilines is 1. The Morgan fingerprint density at radius 2 is 2.05 bits per heavy atom. The highest BCUT2D eigenvalue weighted by molar-refractivity contribution is 7.15. The van der Waals surface area contributed by atoms with Crippen LogP contribution < -0.4 is 10.2 Å². The summed E-state index contributed by atoms with van der Waals surface area (Å²) < 4.78 is 5.08. The molecule has 1 heterocycles. The third-order valence-electron chi connectivity index (χ3n) is 4.09. The summed E-state index contributed by atoms with van der Waals surface area (Å²) in [5.41, 5.74) is 1.35. The van der Waals surface area contributed by atoms with Gasteiger partial charge in [0.25, 0.3) is 0 Å². The quantitative estimate of drug-likeness (QED) is 0.707. The van der Waals surface area contributed by atoms with Crippen molar-refractivity contribution >= 4 is 16.5 Å². The normalized spacial score (nSPS) is 12.2. The van der Waals surface area contributed by atoms with E-state index in [1.165, 1.54) is 10.6 Å². The lowest BCUT2D eigenvalue weighted by molar-refractivity contribution is 0.199. The fourth-order valence-electron chi connectivity index (χ4n) is 1.94. The van der Waals surface area contributed by atoms with Gasteiger partial charge in [-0.2, -0.15) is 0 Å². The molecule has 0 saturated carbocycles. The van der Waals surface area contributed by atoms with Gasteiger partial charge in [-0.15, -0.1) is 11.3 Å². The number of methoxy groups -OCH3 is 1. The zero-order valence-electron chi connectivity index (χ0n) is 14.6. The Labute approximate surface area is 133 Å². The second-order valence-corrected chi connectivity index (χ2v) is 7.42. The van der Waals surface area contributed by atoms with Gasteiger partial charge in [-0.05, 0) is 26.2 Å². The maximum atomic E-state index is 5.08. The van der Waals surface area contributed by atoms with Crippen LogP contribution in [-0.2, 0) is 11.3 Å². The van der Waals surface area contributed by atoms with Crippen molar-refractivity contribution in [2.24, 2.45) is 0 Å². The molecule has 0 spiro atoms. The highest BCUT2D eigenvalue weighted by Gasteiger charge is 2.25. The zero-order chi connectivity index (χ0) is 16.0. The predicted molar refractivity (Wildman–Crippen MR) is 92.6 cm³/mol. The van der Waals surface area contributed by atoms with E-state index in [1.807, 2.05) is 11.3 Å². The molecule has 0 aliphatic heterocycles. The summed E-state index contributed by atoms with van der Waals surface area (Å²) >= 11 is 1.81. The highest BCUT2D eigenvalue weighted by atomic mass is 32.1. The van der Waals surface area contributed by atoms with E-state index < -0.39 is 0 Å². The number of aromatic nitrogens is 1. The van der Waals surface area contributed by atoms with Crippen LogP contribution >= 0.6 is 11.3 Å². The molecule has 21 heavy (non-hydrogen) atoms. The van der Waals surface area contributed by atoms with Gasteiger partial charge in [0.05, 0.1) is 12.3 Å². The Hall–Kier alpha value is -0.650. The van der Waals surface area contributed by atoms with Crippen LogP contribution in [0.1, 0.15) is 57.5 Å². The smallest absolute Gasteiger partial charge is 0.186 e. The van der Waals surface area contributed by atoms with Gasteiger partial charge in [0.2, 0.25) is 0 Å². The minimum Gasteiger partial charge on any atom is -0.383 e. The van der Waals surface area contributed by atoms with E-state index in [0.717, 1.165) is 31.2 Å². The molecule has 0 saturated heterocycles. The number of hydrogen-bond acceptors (Lipinski definition) is 5. The SMILES string of the molecule is CCC(C)(C)N(C)c1nc(C(C)C)c(CNCCOC)s1. The molecule has 0 radical (unpaired) electrons. The van der Waals surface area contributed by atoms with Crippen LogP contribution in [0.5, 0.6) is 0 Å². The fourth-order valence-corrected chi connectivity index (χ4v) is 3.25. The molecule has 4 nitrogen and oxygen atoms in total. The first-order valence-corrected chi connectivity index (χ1v) is 8.58. The molecule has 1 rings (SSSR count). The van der Waals surface area contributed by atoms with Crippen molar-refractivity contribution < 1.29 is 4.74 Å². The van der Waals surface area contributed by atoms with Crippen LogP contribution in [0.15, 0.2) is 0 Å². The number of rotatable bonds is 9. The van der Waals surface area contributed by atoms with Gasteiger partial charge in [-0.3, -0.25) is 0 Å². The van der Waals surface area contributed by atoms with Gasteiger partial charge >= 0.3 is 0 Å². The standard InChI is InChI=1S/C16H31N3OS/c1-8-16(4,5)19(6)15-18-14(12(2)3)13(21-15)11-17-9-10-20-7/h12,17H,8-11H2,1-7H3. The summed E-state index contributed by atoms with van der Waals surface area (Å²) in [7, 11) is 3.88. The zero-order valence-corrected chi connectivity index (χ0v) is 15.4. The number of thiazole rings is 1. The van der Waals surface area contributed by atoms with Crippen molar-refractivity contribution in [3.8, 4) is 0 Å². The number of nitrogens with zero attached hydrogens (tertiary/aromatic N) is 2. The van der Waals surface area contributed by atoms with E-state index in [1.54, 1.807) is 7.11 Å². The van der Waals surface area contributed by atoms with E-state index >= 15 is 0 Å². The Morgan fingerprint density at radius 1 is 1.38 bits per heavy atom. The molecule has 1 aromatic heterocycles. The average Bonchev–Trinajstić information content (AvgIpc) is 2.87. The van der Waals surface area contributed by atoms with Crippen molar-refractivity contribution in [1.82, 2.24) is 10.3 Å². The van der Waals surface area contributed by atoms with E-state index in [4.69, 9.17) is 9.72 Å². The van der Waals surface area contributed by atoms with Crippen LogP contribution in [0.25, 0.3) is 0 Å². The molecule has 0 amide bonds. The predicted octanol–water partition coefficient (Wildman–Crippen LogP) is 3.63. The van der Waals surface area contributed by atoms with Crippen LogP contribution in [-0.4, -0.2) is 37.8 Å². The maximum Gasteiger partial charge on any atom is 0.186 e. The van der Waals surface area contributed by atoms with Gasteiger partial charge < -0.3 is 15.0 Å². The summed E-state index contributed by atoms with van der Waals surface area (Å²) in [6, 6.07) is 0. The van der Waals surface area contributed by atoms with Crippen molar-refractivity contribution in [3.05, 3.63) is 10.6 Å². The number of hydrogen-bond donors (Lipinski definition) is 1. The Balaban J connectivity index is 2.88. The Kier molecular flexibility index (Phi) is 7.10. The molecule has 1 aromatic rings. The molecule has 5 heteroatoms. The Bertz CT molecular complexity index is 429. The first-order valence-electron chi connectivity index (χ1n) is 7.76. The van der Waals surface area contributed by atoms with E-state index in [9.17, 15) is 0 Å². The minimum absolute atomic E-state index is 0.132. The van der Waals surface area contributed by atoms with Gasteiger partial charge in [0.15, 0.2) is 5.13 Å². The van der Waals surface area contributed by atoms with Gasteiger partial charge in [-0.25, -0.2) is 4.98 Å². The van der Waals surface area contributed by atoms with Crippen molar-refractivity contribution in [2.75, 3.05) is 32.2 Å². The first-order chi connectivity index (χ1) is 9.83. The molecule has 0 bridgehead atoms. The third kappa shape index (κ3) is 4.94. The minimum atomic E-state index is 0.132. The van der Waals surface area contributed by atoms with Crippen LogP contribution in [0.2, 0.25) is 0 Å². The lowest BCUT2D eigenvalue weighted by atomic mass is 10.0. The lowest BCUT2D eigenvalue weighted by Gasteiger charge is -2.34. The van der Waals surface area contributed by atoms with Crippen molar-refractivity contribution in [1.29, 1.82) is 0 Å². The maximum absolute atomic E-state index is 5.08. The fraction of sp³-hybridized carbons (Fsp3) is 0.812. The molecule has 0 atom stereocenters. The summed E-state index contributed by atoms with van der Waals surface area (Å²) in [5.74, 6) is 0.451. The number of nitrogens with one attached hydrogen (secondary N) is 1. The molecular weight excluding hydrogens is 282 g/mol. The second-order valence-electron chi connectivity index (χ2n) is 6.35. The van der Waals surface area contributed by atoms with E-state index in [2.05, 4.69) is 51.9 Å². The molecule has 122 valence electrons. The molecule has 0 fully saturated rings. The van der Waals surface area contributed by atoms with Crippen LogP contribution in [0.3, 0.4) is 0 Å². The van der Waals surface area contributed by atoms with Crippen LogP contribution in [0.4, 0.5) is 5.13 Å². The third-order valence-corrected chi connectivity index (χ3v) is 5.24. The molecule has 0 aliphatic rings. The highest BCUT2D eigenvalue weighted by Crippen LogP contribution is 2.33. The molecule has 1 N–H and O–H groups in total. The first kappa shape index (κ1) is 18.4. The summed E-state index contributed by atoms with van der Waals surface area (Å²) in [5, 5.41) is 4.55. The largest absolute Gasteiger partial charge is 0.383 e. The molecule has 0 unspecified atom stereocenters. The van der Waals surface area contributed by atoms with Gasteiger partial charge in [0.1, 0.15) is 0 Å². The number of ether oxygens (including phenoxy) is 1. The summed E-state index contributed by atoms with van der Waals surface area (Å²) in [4.78, 5) is 8.55. The summed E-state index contributed by atoms with van der Waals surface area (Å²) in [6.07, 6.45) is 1.10. The molecular formula is C16H31N3OS. The topological polar surface area (TPSA) is 37.4 Å². The average molecular weight is 314 g/mol. The second kappa shape index (κ2) is 8.11. The van der Waals surface area contributed by atoms with E-state index in [0.29, 0.717) is 5.92 Å². The molecule has 0 aromatic carbocycles. The van der Waals surface area contributed by atoms with Crippen LogP contribution in [0, 0.1) is 0 Å². The van der Waals surface area contributed by atoms with Crippen molar-refractivity contribution in [2.45, 2.75) is 59.0 Å². The van der Waals surface area contributed by atoms with E-state index in [-0.39, 0.29) is 5.54 Å².